The van der Waals surface area contributed by atoms with Crippen LogP contribution in [0.1, 0.15) is 57.8 Å². The number of methoxy groups -OCH3 is 2. The molecular formula is C28H38O5Si. The number of allylic oxidation sites excluding steroid dienone is 4. The summed E-state index contributed by atoms with van der Waals surface area (Å²) in [6.07, 6.45) is 10.3. The third-order valence-electron chi connectivity index (χ3n) is 6.90. The predicted octanol–water partition coefficient (Wildman–Crippen LogP) is 7.44. The lowest BCUT2D eigenvalue weighted by Crippen LogP contribution is -2.43. The van der Waals surface area contributed by atoms with Crippen molar-refractivity contribution in [2.75, 3.05) is 14.2 Å². The van der Waals surface area contributed by atoms with Crippen LogP contribution in [0, 0.1) is 0 Å². The maximum Gasteiger partial charge on any atom is 0.330 e. The second-order valence-corrected chi connectivity index (χ2v) is 15.2. The molecule has 1 aliphatic carbocycles. The minimum absolute atomic E-state index is 0.133. The maximum absolute atomic E-state index is 11.4. The first-order valence-electron chi connectivity index (χ1n) is 11.9. The van der Waals surface area contributed by atoms with Crippen molar-refractivity contribution in [3.05, 3.63) is 65.2 Å². The standard InChI is InChI=1S/C28H38O5Si/c1-19(17-21(30-5)13-15-26(29)31-6)16-20-10-9-11-25-27(20)23-18-22(12-14-24(23)32-25)33-34(7,8)28(2,3)4/h12-18,20H,9-11H2,1-8H3/b15-13+,19-16+,21-17-/t20-/m0/s1. The first-order valence-corrected chi connectivity index (χ1v) is 14.8. The number of fused-ring (bicyclic) bond motifs is 3. The number of rotatable bonds is 7. The van der Waals surface area contributed by atoms with Crippen LogP contribution in [0.25, 0.3) is 11.0 Å². The minimum Gasteiger partial charge on any atom is -0.543 e. The monoisotopic (exact) mass is 482 g/mol. The van der Waals surface area contributed by atoms with Crippen LogP contribution in [0.5, 0.6) is 5.75 Å². The summed E-state index contributed by atoms with van der Waals surface area (Å²) in [5.41, 5.74) is 3.24. The Morgan fingerprint density at radius 3 is 2.53 bits per heavy atom. The van der Waals surface area contributed by atoms with Crippen LogP contribution < -0.4 is 4.43 Å². The Hall–Kier alpha value is -2.73. The normalized spacial score (nSPS) is 17.7. The number of esters is 1. The van der Waals surface area contributed by atoms with Gasteiger partial charge in [-0.3, -0.25) is 0 Å². The molecular weight excluding hydrogens is 444 g/mol. The molecule has 1 aliphatic rings. The van der Waals surface area contributed by atoms with Crippen molar-refractivity contribution in [1.29, 1.82) is 0 Å². The van der Waals surface area contributed by atoms with Crippen LogP contribution in [0.2, 0.25) is 18.1 Å². The summed E-state index contributed by atoms with van der Waals surface area (Å²) in [6.45, 7) is 13.3. The number of aryl methyl sites for hydroxylation is 1. The van der Waals surface area contributed by atoms with Gasteiger partial charge in [-0.25, -0.2) is 4.79 Å². The molecule has 184 valence electrons. The number of furan rings is 1. The van der Waals surface area contributed by atoms with E-state index in [4.69, 9.17) is 13.6 Å². The number of hydrogen-bond donors (Lipinski definition) is 0. The molecule has 0 bridgehead atoms. The Kier molecular flexibility index (Phi) is 7.81. The zero-order valence-corrected chi connectivity index (χ0v) is 22.8. The van der Waals surface area contributed by atoms with Gasteiger partial charge in [-0.1, -0.05) is 32.4 Å². The van der Waals surface area contributed by atoms with Crippen molar-refractivity contribution in [2.45, 2.75) is 71.0 Å². The van der Waals surface area contributed by atoms with Crippen LogP contribution in [0.15, 0.2) is 58.3 Å². The van der Waals surface area contributed by atoms with Crippen LogP contribution in [0.3, 0.4) is 0 Å². The lowest BCUT2D eigenvalue weighted by Gasteiger charge is -2.36. The van der Waals surface area contributed by atoms with Crippen LogP contribution in [-0.4, -0.2) is 28.5 Å². The molecule has 5 nitrogen and oxygen atoms in total. The summed E-state index contributed by atoms with van der Waals surface area (Å²) >= 11 is 0. The van der Waals surface area contributed by atoms with Gasteiger partial charge < -0.3 is 18.3 Å². The van der Waals surface area contributed by atoms with E-state index in [0.29, 0.717) is 5.76 Å². The molecule has 0 fully saturated rings. The van der Waals surface area contributed by atoms with Crippen molar-refractivity contribution in [2.24, 2.45) is 0 Å². The van der Waals surface area contributed by atoms with Crippen molar-refractivity contribution in [1.82, 2.24) is 0 Å². The van der Waals surface area contributed by atoms with E-state index in [1.54, 1.807) is 13.2 Å². The first kappa shape index (κ1) is 25.9. The van der Waals surface area contributed by atoms with E-state index in [2.05, 4.69) is 50.7 Å². The summed E-state index contributed by atoms with van der Waals surface area (Å²) < 4.78 is 22.9. The van der Waals surface area contributed by atoms with Gasteiger partial charge in [0.1, 0.15) is 22.9 Å². The molecule has 1 aromatic heterocycles. The fourth-order valence-electron chi connectivity index (χ4n) is 4.03. The third kappa shape index (κ3) is 5.84. The van der Waals surface area contributed by atoms with Crippen molar-refractivity contribution in [3.63, 3.8) is 0 Å². The molecule has 2 aromatic rings. The zero-order valence-electron chi connectivity index (χ0n) is 21.8. The predicted molar refractivity (Wildman–Crippen MR) is 140 cm³/mol. The Morgan fingerprint density at radius 2 is 1.88 bits per heavy atom. The van der Waals surface area contributed by atoms with E-state index in [-0.39, 0.29) is 11.0 Å². The van der Waals surface area contributed by atoms with E-state index < -0.39 is 14.3 Å². The molecule has 0 aliphatic heterocycles. The van der Waals surface area contributed by atoms with Gasteiger partial charge in [-0.15, -0.1) is 0 Å². The van der Waals surface area contributed by atoms with Gasteiger partial charge in [0.15, 0.2) is 0 Å². The van der Waals surface area contributed by atoms with Gasteiger partial charge >= 0.3 is 5.97 Å². The minimum atomic E-state index is -1.94. The molecule has 0 unspecified atom stereocenters. The van der Waals surface area contributed by atoms with Crippen LogP contribution in [-0.2, 0) is 20.7 Å². The molecule has 1 atom stereocenters. The lowest BCUT2D eigenvalue weighted by atomic mass is 9.84. The molecule has 1 aromatic carbocycles. The molecule has 0 N–H and O–H groups in total. The van der Waals surface area contributed by atoms with Crippen molar-refractivity contribution >= 4 is 25.3 Å². The first-order chi connectivity index (χ1) is 15.9. The Balaban J connectivity index is 1.96. The molecule has 0 saturated heterocycles. The molecule has 0 spiro atoms. The summed E-state index contributed by atoms with van der Waals surface area (Å²) in [4.78, 5) is 11.4. The van der Waals surface area contributed by atoms with E-state index in [0.717, 1.165) is 47.3 Å². The fourth-order valence-corrected chi connectivity index (χ4v) is 5.05. The molecule has 6 heteroatoms. The highest BCUT2D eigenvalue weighted by Gasteiger charge is 2.39. The van der Waals surface area contributed by atoms with Gasteiger partial charge in [0, 0.05) is 29.4 Å². The smallest absolute Gasteiger partial charge is 0.330 e. The molecule has 0 amide bonds. The topological polar surface area (TPSA) is 57.9 Å². The van der Waals surface area contributed by atoms with E-state index in [1.807, 2.05) is 25.1 Å². The largest absolute Gasteiger partial charge is 0.543 e. The van der Waals surface area contributed by atoms with Crippen molar-refractivity contribution < 1.29 is 23.1 Å². The van der Waals surface area contributed by atoms with Gasteiger partial charge in [-0.05, 0) is 68.2 Å². The average molecular weight is 483 g/mol. The second kappa shape index (κ2) is 10.3. The van der Waals surface area contributed by atoms with Crippen LogP contribution in [0.4, 0.5) is 0 Å². The number of carbonyl (C=O) groups excluding carboxylic acids is 1. The summed E-state index contributed by atoms with van der Waals surface area (Å²) in [6, 6.07) is 6.24. The highest BCUT2D eigenvalue weighted by molar-refractivity contribution is 6.74. The average Bonchev–Trinajstić information content (AvgIpc) is 3.14. The van der Waals surface area contributed by atoms with Gasteiger partial charge in [-0.2, -0.15) is 0 Å². The van der Waals surface area contributed by atoms with Gasteiger partial charge in [0.25, 0.3) is 0 Å². The Bertz CT molecular complexity index is 1130. The maximum atomic E-state index is 11.4. The number of hydrogen-bond acceptors (Lipinski definition) is 5. The van der Waals surface area contributed by atoms with Gasteiger partial charge in [0.05, 0.1) is 14.2 Å². The van der Waals surface area contributed by atoms with Crippen LogP contribution >= 0.6 is 0 Å². The van der Waals surface area contributed by atoms with E-state index in [1.165, 1.54) is 18.7 Å². The van der Waals surface area contributed by atoms with Crippen molar-refractivity contribution in [3.8, 4) is 5.75 Å². The molecule has 0 radical (unpaired) electrons. The lowest BCUT2D eigenvalue weighted by molar-refractivity contribution is -0.134. The quantitative estimate of drug-likeness (QED) is 0.135. The molecule has 3 rings (SSSR count). The highest BCUT2D eigenvalue weighted by Crippen LogP contribution is 2.43. The molecule has 34 heavy (non-hydrogen) atoms. The van der Waals surface area contributed by atoms with E-state index >= 15 is 0 Å². The number of ether oxygens (including phenoxy) is 2. The number of benzene rings is 1. The molecule has 1 heterocycles. The summed E-state index contributed by atoms with van der Waals surface area (Å²) in [5, 5.41) is 1.27. The molecule has 0 saturated carbocycles. The zero-order chi connectivity index (χ0) is 25.1. The van der Waals surface area contributed by atoms with Gasteiger partial charge in [0.2, 0.25) is 8.32 Å². The highest BCUT2D eigenvalue weighted by atomic mass is 28.4. The summed E-state index contributed by atoms with van der Waals surface area (Å²) in [7, 11) is 1.01. The van der Waals surface area contributed by atoms with E-state index in [9.17, 15) is 4.79 Å². The Labute approximate surface area is 204 Å². The SMILES string of the molecule is COC(=O)/C=C/C(=C/C(C)=C/[C@@H]1CCCc2oc3ccc(O[Si](C)(C)C(C)(C)C)cc3c21)OC. The number of carbonyl (C=O) groups is 1. The summed E-state index contributed by atoms with van der Waals surface area (Å²) in [5.74, 6) is 2.41. The fraction of sp³-hybridized carbons (Fsp3) is 0.464. The second-order valence-electron chi connectivity index (χ2n) is 10.5. The Morgan fingerprint density at radius 1 is 1.15 bits per heavy atom. The third-order valence-corrected chi connectivity index (χ3v) is 11.3.